The largest absolute Gasteiger partial charge is 0.310 e. The topological polar surface area (TPSA) is 34.0 Å². The third-order valence-corrected chi connectivity index (χ3v) is 9.34. The van der Waals surface area contributed by atoms with Crippen molar-refractivity contribution in [1.29, 1.82) is 0 Å². The molecule has 236 valence electrons. The lowest BCUT2D eigenvalue weighted by Crippen LogP contribution is -2.10. The maximum Gasteiger partial charge on any atom is 0.0701 e. The number of hydrogen-bond acceptors (Lipinski definition) is 3. The van der Waals surface area contributed by atoms with Gasteiger partial charge in [-0.1, -0.05) is 97.1 Å². The smallest absolute Gasteiger partial charge is 0.0701 e. The van der Waals surface area contributed by atoms with Gasteiger partial charge in [-0.25, -0.2) is 0 Å². The van der Waals surface area contributed by atoms with Crippen LogP contribution in [0, 0.1) is 0 Å². The van der Waals surface area contributed by atoms with Crippen LogP contribution in [0.4, 0.5) is 17.1 Å². The van der Waals surface area contributed by atoms with E-state index in [-0.39, 0.29) is 0 Å². The summed E-state index contributed by atoms with van der Waals surface area (Å²) in [5.74, 6) is 0. The number of aromatic nitrogens is 3. The van der Waals surface area contributed by atoms with E-state index in [1.54, 1.807) is 0 Å². The van der Waals surface area contributed by atoms with E-state index in [1.165, 1.54) is 27.4 Å². The molecule has 0 aliphatic heterocycles. The van der Waals surface area contributed by atoms with Gasteiger partial charge in [-0.2, -0.15) is 0 Å². The highest BCUT2D eigenvalue weighted by molar-refractivity contribution is 6.15. The zero-order valence-electron chi connectivity index (χ0n) is 27.3. The lowest BCUT2D eigenvalue weighted by Gasteiger charge is -2.27. The minimum absolute atomic E-state index is 0.953. The molecule has 0 atom stereocenters. The van der Waals surface area contributed by atoms with Gasteiger partial charge < -0.3 is 9.47 Å². The first-order valence-electron chi connectivity index (χ1n) is 16.8. The maximum absolute atomic E-state index is 4.59. The molecule has 0 spiro atoms. The number of hydrogen-bond donors (Lipinski definition) is 0. The lowest BCUT2D eigenvalue weighted by atomic mass is 9.99. The van der Waals surface area contributed by atoms with Gasteiger partial charge in [-0.05, 0) is 95.6 Å². The van der Waals surface area contributed by atoms with E-state index in [9.17, 15) is 0 Å². The average Bonchev–Trinajstić information content (AvgIpc) is 3.54. The van der Waals surface area contributed by atoms with Crippen LogP contribution in [0.1, 0.15) is 0 Å². The summed E-state index contributed by atoms with van der Waals surface area (Å²) in [6.45, 7) is 0. The number of benzene rings is 6. The molecule has 3 aromatic heterocycles. The fraction of sp³-hybridized carbons (Fsp3) is 0. The van der Waals surface area contributed by atoms with Crippen LogP contribution in [0.3, 0.4) is 0 Å². The van der Waals surface area contributed by atoms with Gasteiger partial charge in [0.15, 0.2) is 0 Å². The number of anilines is 3. The van der Waals surface area contributed by atoms with Crippen molar-refractivity contribution in [3.63, 3.8) is 0 Å². The predicted octanol–water partition coefficient (Wildman–Crippen LogP) is 12.0. The summed E-state index contributed by atoms with van der Waals surface area (Å²) in [5, 5.41) is 2.41. The van der Waals surface area contributed by atoms with Gasteiger partial charge in [0.2, 0.25) is 0 Å². The van der Waals surface area contributed by atoms with E-state index >= 15 is 0 Å². The Morgan fingerprint density at radius 3 is 1.74 bits per heavy atom. The highest BCUT2D eigenvalue weighted by atomic mass is 15.1. The summed E-state index contributed by atoms with van der Waals surface area (Å²) in [5.41, 5.74) is 13.4. The molecule has 9 aromatic rings. The lowest BCUT2D eigenvalue weighted by molar-refractivity contribution is 1.18. The summed E-state index contributed by atoms with van der Waals surface area (Å²) in [6.07, 6.45) is 5.52. The van der Waals surface area contributed by atoms with Gasteiger partial charge in [-0.3, -0.25) is 9.97 Å². The van der Waals surface area contributed by atoms with Crippen molar-refractivity contribution >= 4 is 38.9 Å². The van der Waals surface area contributed by atoms with Crippen molar-refractivity contribution in [2.75, 3.05) is 4.90 Å². The van der Waals surface area contributed by atoms with E-state index in [1.807, 2.05) is 48.9 Å². The normalized spacial score (nSPS) is 11.2. The second-order valence-corrected chi connectivity index (χ2v) is 12.3. The Labute approximate surface area is 291 Å². The quantitative estimate of drug-likeness (QED) is 0.174. The maximum atomic E-state index is 4.59. The molecule has 4 heteroatoms. The third kappa shape index (κ3) is 5.29. The van der Waals surface area contributed by atoms with Crippen molar-refractivity contribution in [2.45, 2.75) is 0 Å². The van der Waals surface area contributed by atoms with Crippen molar-refractivity contribution in [3.05, 3.63) is 195 Å². The Bertz CT molecular complexity index is 2460. The van der Waals surface area contributed by atoms with Crippen LogP contribution in [-0.4, -0.2) is 14.5 Å². The SMILES string of the molecule is c1ccc(-c2cc(N(c3ccc(-c4ccncc4)cc3)c3ccc(-c4ccccn4)cc3)cc3c4ccccc4n(-c4ccccc4)c23)cc1. The molecule has 0 aliphatic rings. The summed E-state index contributed by atoms with van der Waals surface area (Å²) in [6, 6.07) is 62.5. The molecule has 9 rings (SSSR count). The molecule has 0 radical (unpaired) electrons. The Kier molecular flexibility index (Phi) is 7.45. The average molecular weight is 641 g/mol. The highest BCUT2D eigenvalue weighted by Gasteiger charge is 2.21. The summed E-state index contributed by atoms with van der Waals surface area (Å²) < 4.78 is 2.41. The molecule has 50 heavy (non-hydrogen) atoms. The molecule has 0 saturated carbocycles. The summed E-state index contributed by atoms with van der Waals surface area (Å²) in [4.78, 5) is 11.2. The molecule has 0 unspecified atom stereocenters. The first kappa shape index (κ1) is 29.4. The van der Waals surface area contributed by atoms with Crippen molar-refractivity contribution in [1.82, 2.24) is 14.5 Å². The Morgan fingerprint density at radius 2 is 1.04 bits per heavy atom. The molecule has 0 saturated heterocycles. The van der Waals surface area contributed by atoms with E-state index in [0.29, 0.717) is 0 Å². The first-order valence-corrected chi connectivity index (χ1v) is 16.8. The molecular weight excluding hydrogens is 609 g/mol. The second-order valence-electron chi connectivity index (χ2n) is 12.3. The van der Waals surface area contributed by atoms with Gasteiger partial charge in [0.25, 0.3) is 0 Å². The number of para-hydroxylation sites is 2. The molecule has 0 amide bonds. The van der Waals surface area contributed by atoms with Gasteiger partial charge in [0, 0.05) is 63.2 Å². The fourth-order valence-electron chi connectivity index (χ4n) is 7.00. The predicted molar refractivity (Wildman–Crippen MR) is 207 cm³/mol. The van der Waals surface area contributed by atoms with Crippen molar-refractivity contribution in [2.24, 2.45) is 0 Å². The van der Waals surface area contributed by atoms with Gasteiger partial charge >= 0.3 is 0 Å². The highest BCUT2D eigenvalue weighted by Crippen LogP contribution is 2.44. The van der Waals surface area contributed by atoms with Crippen LogP contribution < -0.4 is 4.90 Å². The molecule has 4 nitrogen and oxygen atoms in total. The van der Waals surface area contributed by atoms with E-state index in [2.05, 4.69) is 165 Å². The van der Waals surface area contributed by atoms with E-state index in [4.69, 9.17) is 0 Å². The van der Waals surface area contributed by atoms with Crippen molar-refractivity contribution < 1.29 is 0 Å². The Balaban J connectivity index is 1.30. The van der Waals surface area contributed by atoms with Crippen LogP contribution in [0.15, 0.2) is 195 Å². The standard InChI is InChI=1S/C46H32N4/c1-3-11-35(12-4-1)42-31-40(32-43-41-15-7-8-17-45(41)50(46(42)43)37-13-5-2-6-14-37)49(38-22-18-33(19-23-38)34-26-29-47-30-27-34)39-24-20-36(21-25-39)44-16-9-10-28-48-44/h1-32H. The summed E-state index contributed by atoms with van der Waals surface area (Å²) in [7, 11) is 0. The number of nitrogens with zero attached hydrogens (tertiary/aromatic N) is 4. The van der Waals surface area contributed by atoms with Crippen LogP contribution in [0.25, 0.3) is 61.0 Å². The van der Waals surface area contributed by atoms with Crippen LogP contribution in [0.5, 0.6) is 0 Å². The monoisotopic (exact) mass is 640 g/mol. The summed E-state index contributed by atoms with van der Waals surface area (Å²) >= 11 is 0. The van der Waals surface area contributed by atoms with Crippen LogP contribution >= 0.6 is 0 Å². The zero-order valence-corrected chi connectivity index (χ0v) is 27.3. The zero-order chi connectivity index (χ0) is 33.3. The molecular formula is C46H32N4. The minimum atomic E-state index is 0.953. The number of fused-ring (bicyclic) bond motifs is 3. The first-order chi connectivity index (χ1) is 24.8. The van der Waals surface area contributed by atoms with Crippen molar-refractivity contribution in [3.8, 4) is 39.2 Å². The van der Waals surface area contributed by atoms with E-state index < -0.39 is 0 Å². The van der Waals surface area contributed by atoms with E-state index in [0.717, 1.165) is 50.7 Å². The molecule has 0 N–H and O–H groups in total. The molecule has 3 heterocycles. The molecule has 0 bridgehead atoms. The minimum Gasteiger partial charge on any atom is -0.310 e. The van der Waals surface area contributed by atoms with Gasteiger partial charge in [-0.15, -0.1) is 0 Å². The fourth-order valence-corrected chi connectivity index (χ4v) is 7.00. The molecule has 6 aromatic carbocycles. The second kappa shape index (κ2) is 12.7. The molecule has 0 aliphatic carbocycles. The molecule has 0 fully saturated rings. The van der Waals surface area contributed by atoms with Crippen LogP contribution in [-0.2, 0) is 0 Å². The Hall–Kier alpha value is -6.78. The van der Waals surface area contributed by atoms with Gasteiger partial charge in [0.1, 0.15) is 0 Å². The Morgan fingerprint density at radius 1 is 0.420 bits per heavy atom. The van der Waals surface area contributed by atoms with Gasteiger partial charge in [0.05, 0.1) is 16.7 Å². The third-order valence-electron chi connectivity index (χ3n) is 9.34. The number of pyridine rings is 2. The number of rotatable bonds is 7. The van der Waals surface area contributed by atoms with Crippen LogP contribution in [0.2, 0.25) is 0 Å².